The van der Waals surface area contributed by atoms with E-state index in [1.807, 2.05) is 42.5 Å². The Morgan fingerprint density at radius 1 is 0.900 bits per heavy atom. The fraction of sp³-hybridized carbons (Fsp3) is 0.0870. The molecule has 3 aromatic carbocycles. The Kier molecular flexibility index (Phi) is 7.16. The number of ether oxygens (including phenoxy) is 2. The highest BCUT2D eigenvalue weighted by molar-refractivity contribution is 5.95. The zero-order valence-electron chi connectivity index (χ0n) is 16.0. The first-order valence-electron chi connectivity index (χ1n) is 9.15. The molecule has 1 amide bonds. The fourth-order valence-corrected chi connectivity index (χ4v) is 2.52. The van der Waals surface area contributed by atoms with Gasteiger partial charge in [-0.15, -0.1) is 0 Å². The average Bonchev–Trinajstić information content (AvgIpc) is 2.78. The van der Waals surface area contributed by atoms with Gasteiger partial charge in [0.25, 0.3) is 5.91 Å². The highest BCUT2D eigenvalue weighted by Crippen LogP contribution is 2.16. The van der Waals surface area contributed by atoms with Gasteiger partial charge in [0.05, 0.1) is 6.21 Å². The maximum atomic E-state index is 12.3. The summed E-state index contributed by atoms with van der Waals surface area (Å²) in [6.45, 7) is -0.0608. The standard InChI is InChI=1S/C23H20N2O5/c26-22(27)16-30-21-9-5-4-6-19(21)14-24-25-23(28)18-12-10-17(11-13-18)15-29-20-7-2-1-3-8-20/h1-14H,15-16H2,(H,25,28)(H,26,27)/b24-14-. The third kappa shape index (κ3) is 6.20. The molecular weight excluding hydrogens is 384 g/mol. The van der Waals surface area contributed by atoms with Crippen LogP contribution >= 0.6 is 0 Å². The number of para-hydroxylation sites is 2. The van der Waals surface area contributed by atoms with Gasteiger partial charge in [0.1, 0.15) is 18.1 Å². The van der Waals surface area contributed by atoms with Crippen LogP contribution in [0.5, 0.6) is 11.5 Å². The minimum Gasteiger partial charge on any atom is -0.489 e. The van der Waals surface area contributed by atoms with Gasteiger partial charge in [-0.25, -0.2) is 10.2 Å². The number of carbonyl (C=O) groups is 2. The fourth-order valence-electron chi connectivity index (χ4n) is 2.52. The number of nitrogens with zero attached hydrogens (tertiary/aromatic N) is 1. The largest absolute Gasteiger partial charge is 0.489 e. The minimum atomic E-state index is -1.08. The number of amides is 1. The van der Waals surface area contributed by atoms with Crippen molar-refractivity contribution in [2.24, 2.45) is 5.10 Å². The first-order chi connectivity index (χ1) is 14.6. The number of benzene rings is 3. The molecule has 0 atom stereocenters. The highest BCUT2D eigenvalue weighted by atomic mass is 16.5. The molecule has 0 saturated heterocycles. The van der Waals surface area contributed by atoms with Gasteiger partial charge >= 0.3 is 5.97 Å². The first-order valence-corrected chi connectivity index (χ1v) is 9.15. The molecule has 7 nitrogen and oxygen atoms in total. The normalized spacial score (nSPS) is 10.5. The molecule has 0 radical (unpaired) electrons. The number of nitrogens with one attached hydrogen (secondary N) is 1. The summed E-state index contributed by atoms with van der Waals surface area (Å²) in [4.78, 5) is 22.9. The Morgan fingerprint density at radius 2 is 1.60 bits per heavy atom. The first kappa shape index (κ1) is 20.6. The lowest BCUT2D eigenvalue weighted by atomic mass is 10.1. The monoisotopic (exact) mass is 404 g/mol. The number of hydrazone groups is 1. The van der Waals surface area contributed by atoms with E-state index in [-0.39, 0.29) is 5.91 Å². The summed E-state index contributed by atoms with van der Waals surface area (Å²) in [5.41, 5.74) is 4.38. The average molecular weight is 404 g/mol. The van der Waals surface area contributed by atoms with Crippen LogP contribution in [0.25, 0.3) is 0 Å². The van der Waals surface area contributed by atoms with Crippen molar-refractivity contribution in [1.82, 2.24) is 5.43 Å². The third-order valence-electron chi connectivity index (χ3n) is 4.00. The topological polar surface area (TPSA) is 97.2 Å². The van der Waals surface area contributed by atoms with Gasteiger partial charge in [-0.05, 0) is 42.0 Å². The molecule has 0 spiro atoms. The van der Waals surface area contributed by atoms with Crippen LogP contribution in [-0.4, -0.2) is 29.8 Å². The highest BCUT2D eigenvalue weighted by Gasteiger charge is 2.06. The molecule has 0 heterocycles. The van der Waals surface area contributed by atoms with Crippen LogP contribution in [0.15, 0.2) is 84.0 Å². The van der Waals surface area contributed by atoms with Crippen molar-refractivity contribution in [1.29, 1.82) is 0 Å². The van der Waals surface area contributed by atoms with Crippen molar-refractivity contribution < 1.29 is 24.2 Å². The second-order valence-corrected chi connectivity index (χ2v) is 6.22. The summed E-state index contributed by atoms with van der Waals surface area (Å²) in [7, 11) is 0. The molecule has 152 valence electrons. The SMILES string of the molecule is O=C(O)COc1ccccc1/C=N\NC(=O)c1ccc(COc2ccccc2)cc1. The maximum Gasteiger partial charge on any atom is 0.341 e. The van der Waals surface area contributed by atoms with Crippen molar-refractivity contribution in [2.75, 3.05) is 6.61 Å². The smallest absolute Gasteiger partial charge is 0.341 e. The van der Waals surface area contributed by atoms with Crippen molar-refractivity contribution >= 4 is 18.1 Å². The molecule has 3 rings (SSSR count). The molecule has 0 unspecified atom stereocenters. The van der Waals surface area contributed by atoms with Gasteiger partial charge in [0.2, 0.25) is 0 Å². The van der Waals surface area contributed by atoms with Gasteiger partial charge in [0, 0.05) is 11.1 Å². The van der Waals surface area contributed by atoms with Gasteiger partial charge < -0.3 is 14.6 Å². The number of hydrogen-bond acceptors (Lipinski definition) is 5. The Morgan fingerprint density at radius 3 is 2.33 bits per heavy atom. The van der Waals surface area contributed by atoms with E-state index in [0.717, 1.165) is 11.3 Å². The van der Waals surface area contributed by atoms with E-state index in [1.165, 1.54) is 6.21 Å². The lowest BCUT2D eigenvalue weighted by molar-refractivity contribution is -0.139. The predicted octanol–water partition coefficient (Wildman–Crippen LogP) is 3.49. The molecule has 0 aliphatic heterocycles. The minimum absolute atomic E-state index is 0.362. The van der Waals surface area contributed by atoms with E-state index in [1.54, 1.807) is 36.4 Å². The molecule has 0 bridgehead atoms. The summed E-state index contributed by atoms with van der Waals surface area (Å²) in [5.74, 6) is -0.305. The molecule has 7 heteroatoms. The molecule has 3 aromatic rings. The summed E-state index contributed by atoms with van der Waals surface area (Å²) >= 11 is 0. The predicted molar refractivity (Wildman–Crippen MR) is 112 cm³/mol. The van der Waals surface area contributed by atoms with Gasteiger partial charge in [-0.2, -0.15) is 5.10 Å². The molecule has 0 fully saturated rings. The Hall–Kier alpha value is -4.13. The number of carboxylic acids is 1. The van der Waals surface area contributed by atoms with E-state index in [9.17, 15) is 9.59 Å². The molecule has 0 aliphatic carbocycles. The van der Waals surface area contributed by atoms with Crippen LogP contribution in [0.3, 0.4) is 0 Å². The summed E-state index contributed by atoms with van der Waals surface area (Å²) < 4.78 is 10.9. The lowest BCUT2D eigenvalue weighted by Gasteiger charge is -2.07. The van der Waals surface area contributed by atoms with Crippen LogP contribution in [0.1, 0.15) is 21.5 Å². The van der Waals surface area contributed by atoms with Crippen LogP contribution < -0.4 is 14.9 Å². The van der Waals surface area contributed by atoms with Crippen LogP contribution in [0.4, 0.5) is 0 Å². The quantitative estimate of drug-likeness (QED) is 0.420. The Labute approximate surface area is 173 Å². The van der Waals surface area contributed by atoms with Gasteiger partial charge in [-0.1, -0.05) is 42.5 Å². The van der Waals surface area contributed by atoms with E-state index in [4.69, 9.17) is 14.6 Å². The Balaban J connectivity index is 1.54. The van der Waals surface area contributed by atoms with E-state index >= 15 is 0 Å². The number of hydrogen-bond donors (Lipinski definition) is 2. The van der Waals surface area contributed by atoms with Crippen molar-refractivity contribution in [2.45, 2.75) is 6.61 Å². The lowest BCUT2D eigenvalue weighted by Crippen LogP contribution is -2.17. The number of carboxylic acid groups (broad SMARTS) is 1. The summed E-state index contributed by atoms with van der Waals surface area (Å²) in [6, 6.07) is 23.3. The number of rotatable bonds is 9. The molecule has 2 N–H and O–H groups in total. The molecule has 30 heavy (non-hydrogen) atoms. The number of aliphatic carboxylic acids is 1. The van der Waals surface area contributed by atoms with Crippen LogP contribution in [-0.2, 0) is 11.4 Å². The zero-order valence-corrected chi connectivity index (χ0v) is 16.0. The molecular formula is C23H20N2O5. The van der Waals surface area contributed by atoms with E-state index < -0.39 is 12.6 Å². The van der Waals surface area contributed by atoms with Gasteiger partial charge in [0.15, 0.2) is 6.61 Å². The zero-order chi connectivity index (χ0) is 21.2. The Bertz CT molecular complexity index is 1020. The summed E-state index contributed by atoms with van der Waals surface area (Å²) in [6.07, 6.45) is 1.40. The molecule has 0 aromatic heterocycles. The van der Waals surface area contributed by atoms with E-state index in [0.29, 0.717) is 23.5 Å². The second-order valence-electron chi connectivity index (χ2n) is 6.22. The third-order valence-corrected chi connectivity index (χ3v) is 4.00. The van der Waals surface area contributed by atoms with Crippen molar-refractivity contribution in [3.05, 3.63) is 95.6 Å². The van der Waals surface area contributed by atoms with Crippen molar-refractivity contribution in [3.8, 4) is 11.5 Å². The molecule has 0 saturated carbocycles. The van der Waals surface area contributed by atoms with Crippen molar-refractivity contribution in [3.63, 3.8) is 0 Å². The van der Waals surface area contributed by atoms with Crippen LogP contribution in [0, 0.1) is 0 Å². The van der Waals surface area contributed by atoms with Gasteiger partial charge in [-0.3, -0.25) is 4.79 Å². The van der Waals surface area contributed by atoms with Crippen LogP contribution in [0.2, 0.25) is 0 Å². The number of carbonyl (C=O) groups excluding carboxylic acids is 1. The summed E-state index contributed by atoms with van der Waals surface area (Å²) in [5, 5.41) is 12.7. The molecule has 0 aliphatic rings. The van der Waals surface area contributed by atoms with E-state index in [2.05, 4.69) is 10.5 Å². The maximum absolute atomic E-state index is 12.3. The second kappa shape index (κ2) is 10.4.